The van der Waals surface area contributed by atoms with Crippen LogP contribution in [0.25, 0.3) is 0 Å². The number of rotatable bonds is 0. The minimum Gasteiger partial charge on any atom is -0.0876 e. The van der Waals surface area contributed by atoms with Crippen LogP contribution in [0.1, 0.15) is 6.42 Å². The van der Waals surface area contributed by atoms with Crippen LogP contribution in [0.2, 0.25) is 0 Å². The zero-order valence-electron chi connectivity index (χ0n) is 5.33. The highest BCUT2D eigenvalue weighted by atomic mass is 14.6. The predicted molar refractivity (Wildman–Crippen MR) is 36.9 cm³/mol. The molecular formula is C9H10. The van der Waals surface area contributed by atoms with E-state index in [0.717, 1.165) is 23.7 Å². The third-order valence-corrected chi connectivity index (χ3v) is 3.03. The van der Waals surface area contributed by atoms with Crippen molar-refractivity contribution in [3.8, 4) is 0 Å². The molecule has 1 fully saturated rings. The molecule has 0 radical (unpaired) electrons. The summed E-state index contributed by atoms with van der Waals surface area (Å²) in [5.74, 6) is 3.92. The Morgan fingerprint density at radius 3 is 2.67 bits per heavy atom. The van der Waals surface area contributed by atoms with Crippen LogP contribution in [0.5, 0.6) is 0 Å². The molecule has 0 nitrogen and oxygen atoms in total. The van der Waals surface area contributed by atoms with Crippen LogP contribution in [0.15, 0.2) is 24.3 Å². The third kappa shape index (κ3) is 0.375. The second-order valence-corrected chi connectivity index (χ2v) is 3.44. The van der Waals surface area contributed by atoms with Gasteiger partial charge in [0.2, 0.25) is 0 Å². The molecule has 0 aliphatic heterocycles. The van der Waals surface area contributed by atoms with Crippen molar-refractivity contribution in [3.63, 3.8) is 0 Å². The Kier molecular flexibility index (Phi) is 0.555. The van der Waals surface area contributed by atoms with Gasteiger partial charge in [-0.05, 0) is 30.1 Å². The van der Waals surface area contributed by atoms with Gasteiger partial charge in [-0.1, -0.05) is 24.3 Å². The molecule has 0 spiro atoms. The van der Waals surface area contributed by atoms with Gasteiger partial charge < -0.3 is 0 Å². The summed E-state index contributed by atoms with van der Waals surface area (Å²) in [5.41, 5.74) is 0. The van der Waals surface area contributed by atoms with E-state index in [1.165, 1.54) is 6.42 Å². The van der Waals surface area contributed by atoms with Gasteiger partial charge in [-0.25, -0.2) is 0 Å². The van der Waals surface area contributed by atoms with Gasteiger partial charge in [0.25, 0.3) is 0 Å². The largest absolute Gasteiger partial charge is 0.0876 e. The van der Waals surface area contributed by atoms with Crippen molar-refractivity contribution in [1.29, 1.82) is 0 Å². The summed E-state index contributed by atoms with van der Waals surface area (Å²) >= 11 is 0. The fourth-order valence-electron chi connectivity index (χ4n) is 2.50. The van der Waals surface area contributed by atoms with Gasteiger partial charge >= 0.3 is 0 Å². The molecule has 0 saturated heterocycles. The minimum absolute atomic E-state index is 0.935. The zero-order valence-corrected chi connectivity index (χ0v) is 5.33. The predicted octanol–water partition coefficient (Wildman–Crippen LogP) is 1.99. The Balaban J connectivity index is 2.08. The molecule has 3 rings (SSSR count). The lowest BCUT2D eigenvalue weighted by atomic mass is 9.95. The minimum atomic E-state index is 0.935. The molecule has 1 saturated carbocycles. The summed E-state index contributed by atoms with van der Waals surface area (Å²) in [6.07, 6.45) is 10.9. The molecule has 0 aromatic carbocycles. The summed E-state index contributed by atoms with van der Waals surface area (Å²) in [6.45, 7) is 0. The maximum absolute atomic E-state index is 2.42. The monoisotopic (exact) mass is 118 g/mol. The van der Waals surface area contributed by atoms with Crippen molar-refractivity contribution in [2.75, 3.05) is 0 Å². The van der Waals surface area contributed by atoms with Crippen LogP contribution in [-0.4, -0.2) is 0 Å². The second kappa shape index (κ2) is 1.16. The van der Waals surface area contributed by atoms with Crippen molar-refractivity contribution in [1.82, 2.24) is 0 Å². The third-order valence-electron chi connectivity index (χ3n) is 3.03. The summed E-state index contributed by atoms with van der Waals surface area (Å²) in [7, 11) is 0. The van der Waals surface area contributed by atoms with Crippen molar-refractivity contribution in [2.24, 2.45) is 23.7 Å². The summed E-state index contributed by atoms with van der Waals surface area (Å²) in [4.78, 5) is 0. The van der Waals surface area contributed by atoms with Gasteiger partial charge in [0.05, 0.1) is 0 Å². The molecule has 3 aliphatic carbocycles. The van der Waals surface area contributed by atoms with E-state index >= 15 is 0 Å². The molecule has 3 aliphatic rings. The van der Waals surface area contributed by atoms with Crippen LogP contribution in [-0.2, 0) is 0 Å². The maximum atomic E-state index is 2.42. The van der Waals surface area contributed by atoms with E-state index in [9.17, 15) is 0 Å². The highest BCUT2D eigenvalue weighted by Crippen LogP contribution is 2.60. The van der Waals surface area contributed by atoms with Crippen LogP contribution in [0, 0.1) is 23.7 Å². The average molecular weight is 118 g/mol. The van der Waals surface area contributed by atoms with E-state index in [4.69, 9.17) is 0 Å². The van der Waals surface area contributed by atoms with Gasteiger partial charge in [-0.3, -0.25) is 0 Å². The molecule has 0 heterocycles. The first-order chi connectivity index (χ1) is 4.47. The van der Waals surface area contributed by atoms with E-state index in [1.54, 1.807) is 0 Å². The Labute approximate surface area is 55.3 Å². The van der Waals surface area contributed by atoms with E-state index < -0.39 is 0 Å². The first-order valence-corrected chi connectivity index (χ1v) is 3.82. The molecule has 4 atom stereocenters. The standard InChI is InChI=1S/C9H10/c1-2-6-4-5-8-7(3-1)9(6)8/h1,3-9H,2H2/t6-,7-,8+,9+/m1/s1. The first kappa shape index (κ1) is 4.32. The lowest BCUT2D eigenvalue weighted by Crippen LogP contribution is -2.00. The fraction of sp³-hybridized carbons (Fsp3) is 0.556. The zero-order chi connectivity index (χ0) is 5.84. The quantitative estimate of drug-likeness (QED) is 0.427. The highest BCUT2D eigenvalue weighted by Gasteiger charge is 2.54. The smallest absolute Gasteiger partial charge is 0.0127 e. The van der Waals surface area contributed by atoms with E-state index in [1.807, 2.05) is 0 Å². The molecule has 9 heavy (non-hydrogen) atoms. The Bertz CT molecular complexity index is 200. The Morgan fingerprint density at radius 2 is 1.89 bits per heavy atom. The number of hydrogen-bond acceptors (Lipinski definition) is 0. The van der Waals surface area contributed by atoms with Crippen LogP contribution < -0.4 is 0 Å². The van der Waals surface area contributed by atoms with E-state index in [2.05, 4.69) is 24.3 Å². The highest BCUT2D eigenvalue weighted by molar-refractivity contribution is 5.28. The molecule has 0 N–H and O–H groups in total. The number of hydrogen-bond donors (Lipinski definition) is 0. The van der Waals surface area contributed by atoms with Crippen molar-refractivity contribution in [2.45, 2.75) is 6.42 Å². The molecular weight excluding hydrogens is 108 g/mol. The van der Waals surface area contributed by atoms with Crippen molar-refractivity contribution in [3.05, 3.63) is 24.3 Å². The van der Waals surface area contributed by atoms with Crippen molar-refractivity contribution >= 4 is 0 Å². The fourth-order valence-corrected chi connectivity index (χ4v) is 2.50. The molecule has 0 bridgehead atoms. The van der Waals surface area contributed by atoms with Crippen LogP contribution in [0.3, 0.4) is 0 Å². The van der Waals surface area contributed by atoms with E-state index in [0.29, 0.717) is 0 Å². The maximum Gasteiger partial charge on any atom is -0.0127 e. The summed E-state index contributed by atoms with van der Waals surface area (Å²) in [5, 5.41) is 0. The lowest BCUT2D eigenvalue weighted by molar-refractivity contribution is 0.546. The number of allylic oxidation sites excluding steroid dienone is 4. The topological polar surface area (TPSA) is 0 Å². The van der Waals surface area contributed by atoms with Gasteiger partial charge in [-0.2, -0.15) is 0 Å². The first-order valence-electron chi connectivity index (χ1n) is 3.82. The van der Waals surface area contributed by atoms with Crippen molar-refractivity contribution < 1.29 is 0 Å². The molecule has 0 aromatic heterocycles. The van der Waals surface area contributed by atoms with Crippen LogP contribution >= 0.6 is 0 Å². The van der Waals surface area contributed by atoms with Gasteiger partial charge in [-0.15, -0.1) is 0 Å². The van der Waals surface area contributed by atoms with Gasteiger partial charge in [0.1, 0.15) is 0 Å². The lowest BCUT2D eigenvalue weighted by Gasteiger charge is -2.10. The molecule has 0 unspecified atom stereocenters. The number of fused-ring (bicyclic) bond motifs is 1. The normalized spacial score (nSPS) is 57.8. The SMILES string of the molecule is C1=C[C@@H]2[C@@H]3C=C[C@@H](C1)[C@@H]23. The Morgan fingerprint density at radius 1 is 1.00 bits per heavy atom. The van der Waals surface area contributed by atoms with Gasteiger partial charge in [0.15, 0.2) is 0 Å². The molecule has 0 amide bonds. The second-order valence-electron chi connectivity index (χ2n) is 3.44. The molecule has 0 aromatic rings. The summed E-state index contributed by atoms with van der Waals surface area (Å²) in [6, 6.07) is 0. The summed E-state index contributed by atoms with van der Waals surface area (Å²) < 4.78 is 0. The average Bonchev–Trinajstić information content (AvgIpc) is 2.35. The van der Waals surface area contributed by atoms with Crippen LogP contribution in [0.4, 0.5) is 0 Å². The van der Waals surface area contributed by atoms with Gasteiger partial charge in [0, 0.05) is 0 Å². The Hall–Kier alpha value is -0.520. The molecule has 46 valence electrons. The molecule has 0 heteroatoms. The van der Waals surface area contributed by atoms with E-state index in [-0.39, 0.29) is 0 Å².